The average Bonchev–Trinajstić information content (AvgIpc) is 2.45. The minimum Gasteiger partial charge on any atom is -0.444 e. The van der Waals surface area contributed by atoms with E-state index < -0.39 is 17.8 Å². The molecule has 6 nitrogen and oxygen atoms in total. The van der Waals surface area contributed by atoms with Gasteiger partial charge in [0.25, 0.3) is 0 Å². The molecule has 0 saturated carbocycles. The number of amides is 1. The van der Waals surface area contributed by atoms with Crippen molar-refractivity contribution in [2.45, 2.75) is 91.3 Å². The second kappa shape index (κ2) is 13.1. The first-order valence-electron chi connectivity index (χ1n) is 9.29. The lowest BCUT2D eigenvalue weighted by molar-refractivity contribution is -0.133. The van der Waals surface area contributed by atoms with Crippen molar-refractivity contribution in [1.29, 1.82) is 0 Å². The van der Waals surface area contributed by atoms with Gasteiger partial charge in [0.2, 0.25) is 0 Å². The quantitative estimate of drug-likeness (QED) is 0.410. The number of ether oxygens (including phenoxy) is 3. The number of rotatable bonds is 12. The summed E-state index contributed by atoms with van der Waals surface area (Å²) in [7, 11) is 0. The molecule has 0 bridgehead atoms. The lowest BCUT2D eigenvalue weighted by Gasteiger charge is -2.23. The van der Waals surface area contributed by atoms with Crippen LogP contribution in [0, 0.1) is 0 Å². The van der Waals surface area contributed by atoms with Crippen molar-refractivity contribution in [2.24, 2.45) is 0 Å². The average molecular weight is 360 g/mol. The Morgan fingerprint density at radius 2 is 1.76 bits per heavy atom. The van der Waals surface area contributed by atoms with Crippen LogP contribution in [0.2, 0.25) is 0 Å². The fraction of sp³-hybridized carbons (Fsp3) is 0.842. The molecule has 0 aromatic rings. The number of hydrogen-bond acceptors (Lipinski definition) is 5. The summed E-state index contributed by atoms with van der Waals surface area (Å²) in [6.45, 7) is 12.5. The highest BCUT2D eigenvalue weighted by molar-refractivity contribution is 5.68. The predicted octanol–water partition coefficient (Wildman–Crippen LogP) is 3.78. The first-order valence-corrected chi connectivity index (χ1v) is 9.29. The Morgan fingerprint density at radius 3 is 2.24 bits per heavy atom. The summed E-state index contributed by atoms with van der Waals surface area (Å²) in [6.07, 6.45) is 5.14. The lowest BCUT2D eigenvalue weighted by Crippen LogP contribution is -2.39. The maximum Gasteiger partial charge on any atom is 0.408 e. The van der Waals surface area contributed by atoms with E-state index in [4.69, 9.17) is 14.2 Å². The molecule has 0 aliphatic heterocycles. The van der Waals surface area contributed by atoms with Gasteiger partial charge in [-0.25, -0.2) is 4.79 Å². The van der Waals surface area contributed by atoms with E-state index in [1.54, 1.807) is 0 Å². The van der Waals surface area contributed by atoms with E-state index in [0.717, 1.165) is 6.42 Å². The first-order chi connectivity index (χ1) is 11.7. The van der Waals surface area contributed by atoms with E-state index in [9.17, 15) is 9.90 Å². The Kier molecular flexibility index (Phi) is 12.6. The van der Waals surface area contributed by atoms with Gasteiger partial charge in [-0.1, -0.05) is 25.5 Å². The Labute approximate surface area is 152 Å². The minimum absolute atomic E-state index is 0.297. The van der Waals surface area contributed by atoms with Crippen molar-refractivity contribution < 1.29 is 24.1 Å². The number of carbonyl (C=O) groups excluding carboxylic acids is 1. The van der Waals surface area contributed by atoms with Crippen LogP contribution in [0.15, 0.2) is 12.2 Å². The van der Waals surface area contributed by atoms with E-state index in [-0.39, 0.29) is 12.3 Å². The third-order valence-corrected chi connectivity index (χ3v) is 3.25. The Bertz CT molecular complexity index is 373. The molecule has 0 heterocycles. The minimum atomic E-state index is -0.560. The first kappa shape index (κ1) is 23.9. The molecule has 0 aromatic carbocycles. The SMILES string of the molecule is CCC[C@@H](O)C[C@H](/C=C/CC(OCC)OCC)NC(=O)OC(C)(C)C. The normalized spacial score (nSPS) is 14.7. The Morgan fingerprint density at radius 1 is 1.16 bits per heavy atom. The molecule has 0 unspecified atom stereocenters. The molecule has 0 spiro atoms. The number of aliphatic hydroxyl groups excluding tert-OH is 1. The highest BCUT2D eigenvalue weighted by Crippen LogP contribution is 2.11. The van der Waals surface area contributed by atoms with Crippen LogP contribution in [0.1, 0.15) is 67.2 Å². The predicted molar refractivity (Wildman–Crippen MR) is 99.5 cm³/mol. The molecule has 6 heteroatoms. The zero-order valence-corrected chi connectivity index (χ0v) is 16.7. The molecular formula is C19H37NO5. The zero-order chi connectivity index (χ0) is 19.3. The summed E-state index contributed by atoms with van der Waals surface area (Å²) in [4.78, 5) is 12.0. The summed E-state index contributed by atoms with van der Waals surface area (Å²) in [5.74, 6) is 0. The molecule has 0 radical (unpaired) electrons. The third kappa shape index (κ3) is 13.8. The number of aliphatic hydroxyl groups is 1. The number of nitrogens with one attached hydrogen (secondary N) is 1. The topological polar surface area (TPSA) is 77.0 Å². The van der Waals surface area contributed by atoms with Gasteiger partial charge in [0, 0.05) is 19.6 Å². The molecule has 0 rings (SSSR count). The summed E-state index contributed by atoms with van der Waals surface area (Å²) in [6, 6.07) is -0.305. The van der Waals surface area contributed by atoms with Gasteiger partial charge in [0.05, 0.1) is 12.1 Å². The molecule has 0 aliphatic carbocycles. The molecule has 2 atom stereocenters. The Balaban J connectivity index is 4.75. The van der Waals surface area contributed by atoms with Crippen molar-refractivity contribution >= 4 is 6.09 Å². The molecule has 1 amide bonds. The maximum absolute atomic E-state index is 12.0. The van der Waals surface area contributed by atoms with Crippen LogP contribution in [0.3, 0.4) is 0 Å². The van der Waals surface area contributed by atoms with Gasteiger partial charge in [0.15, 0.2) is 6.29 Å². The van der Waals surface area contributed by atoms with Crippen LogP contribution in [0.25, 0.3) is 0 Å². The van der Waals surface area contributed by atoms with Crippen molar-refractivity contribution in [3.05, 3.63) is 12.2 Å². The van der Waals surface area contributed by atoms with E-state index in [0.29, 0.717) is 32.5 Å². The van der Waals surface area contributed by atoms with Gasteiger partial charge in [-0.2, -0.15) is 0 Å². The van der Waals surface area contributed by atoms with Gasteiger partial charge in [-0.3, -0.25) is 0 Å². The van der Waals surface area contributed by atoms with Crippen LogP contribution >= 0.6 is 0 Å². The number of alkyl carbamates (subject to hydrolysis) is 1. The van der Waals surface area contributed by atoms with Crippen LogP contribution in [0.4, 0.5) is 4.79 Å². The van der Waals surface area contributed by atoms with Crippen molar-refractivity contribution in [1.82, 2.24) is 5.32 Å². The summed E-state index contributed by atoms with van der Waals surface area (Å²) < 4.78 is 16.3. The second-order valence-corrected chi connectivity index (χ2v) is 6.94. The van der Waals surface area contributed by atoms with Crippen LogP contribution in [0.5, 0.6) is 0 Å². The highest BCUT2D eigenvalue weighted by Gasteiger charge is 2.20. The molecule has 0 fully saturated rings. The molecule has 148 valence electrons. The van der Waals surface area contributed by atoms with Gasteiger partial charge in [0.1, 0.15) is 5.60 Å². The van der Waals surface area contributed by atoms with Crippen molar-refractivity contribution in [3.8, 4) is 0 Å². The van der Waals surface area contributed by atoms with Gasteiger partial charge in [-0.05, 0) is 47.5 Å². The van der Waals surface area contributed by atoms with Gasteiger partial charge in [-0.15, -0.1) is 0 Å². The summed E-state index contributed by atoms with van der Waals surface area (Å²) in [5.41, 5.74) is -0.560. The highest BCUT2D eigenvalue weighted by atomic mass is 16.7. The molecule has 25 heavy (non-hydrogen) atoms. The zero-order valence-electron chi connectivity index (χ0n) is 16.7. The lowest BCUT2D eigenvalue weighted by atomic mass is 10.0. The van der Waals surface area contributed by atoms with E-state index in [1.165, 1.54) is 0 Å². The van der Waals surface area contributed by atoms with E-state index in [1.807, 2.05) is 53.7 Å². The summed E-state index contributed by atoms with van der Waals surface area (Å²) >= 11 is 0. The van der Waals surface area contributed by atoms with Crippen LogP contribution in [-0.2, 0) is 14.2 Å². The van der Waals surface area contributed by atoms with Crippen LogP contribution < -0.4 is 5.32 Å². The van der Waals surface area contributed by atoms with Crippen LogP contribution in [-0.4, -0.2) is 48.5 Å². The second-order valence-electron chi connectivity index (χ2n) is 6.94. The molecule has 2 N–H and O–H groups in total. The fourth-order valence-corrected chi connectivity index (χ4v) is 2.30. The summed E-state index contributed by atoms with van der Waals surface area (Å²) in [5, 5.41) is 12.9. The largest absolute Gasteiger partial charge is 0.444 e. The number of carbonyl (C=O) groups is 1. The van der Waals surface area contributed by atoms with Gasteiger partial charge < -0.3 is 24.6 Å². The van der Waals surface area contributed by atoms with Gasteiger partial charge >= 0.3 is 6.09 Å². The number of hydrogen-bond donors (Lipinski definition) is 2. The third-order valence-electron chi connectivity index (χ3n) is 3.25. The Hall–Kier alpha value is -1.11. The molecule has 0 saturated heterocycles. The molecule has 0 aromatic heterocycles. The van der Waals surface area contributed by atoms with E-state index in [2.05, 4.69) is 5.32 Å². The monoisotopic (exact) mass is 359 g/mol. The van der Waals surface area contributed by atoms with Crippen molar-refractivity contribution in [3.63, 3.8) is 0 Å². The maximum atomic E-state index is 12.0. The molecular weight excluding hydrogens is 322 g/mol. The molecule has 0 aliphatic rings. The standard InChI is InChI=1S/C19H37NO5/c1-7-11-16(21)14-15(20-18(22)25-19(4,5)6)12-10-13-17(23-8-2)24-9-3/h10,12,15-17,21H,7-9,11,13-14H2,1-6H3,(H,20,22)/b12-10+/t15-,16+/m0/s1. The fourth-order valence-electron chi connectivity index (χ4n) is 2.30. The van der Waals surface area contributed by atoms with E-state index >= 15 is 0 Å². The smallest absolute Gasteiger partial charge is 0.408 e. The van der Waals surface area contributed by atoms with Crippen molar-refractivity contribution in [2.75, 3.05) is 13.2 Å².